The van der Waals surface area contributed by atoms with Gasteiger partial charge in [-0.25, -0.2) is 4.39 Å². The molecule has 0 aliphatic heterocycles. The zero-order valence-electron chi connectivity index (χ0n) is 12.8. The maximum absolute atomic E-state index is 13.0. The average molecular weight is 245 g/mol. The van der Waals surface area contributed by atoms with Crippen LogP contribution < -0.4 is 5.32 Å². The van der Waals surface area contributed by atoms with Gasteiger partial charge in [0, 0.05) is 11.4 Å². The molecule has 0 unspecified atom stereocenters. The Morgan fingerprint density at radius 1 is 0.944 bits per heavy atom. The van der Waals surface area contributed by atoms with Crippen LogP contribution in [0.2, 0.25) is 0 Å². The smallest absolute Gasteiger partial charge is 0.123 e. The predicted octanol–water partition coefficient (Wildman–Crippen LogP) is 4.87. The van der Waals surface area contributed by atoms with Gasteiger partial charge in [-0.3, -0.25) is 0 Å². The summed E-state index contributed by atoms with van der Waals surface area (Å²) in [7, 11) is 0. The normalized spacial score (nSPS) is 12.9. The SMILES string of the molecule is [2H]c1cc(F)ccc1Nc1ccc(C(C)(C)C)cc1[2H]. The summed E-state index contributed by atoms with van der Waals surface area (Å²) in [6.07, 6.45) is 0. The number of anilines is 2. The first-order valence-corrected chi connectivity index (χ1v) is 5.92. The maximum atomic E-state index is 13.0. The molecular formula is C16H18FN. The Morgan fingerprint density at radius 2 is 1.56 bits per heavy atom. The fourth-order valence-corrected chi connectivity index (χ4v) is 1.60. The summed E-state index contributed by atoms with van der Waals surface area (Å²) in [4.78, 5) is 0. The highest BCUT2D eigenvalue weighted by atomic mass is 19.1. The lowest BCUT2D eigenvalue weighted by Gasteiger charge is -2.19. The van der Waals surface area contributed by atoms with E-state index in [9.17, 15) is 4.39 Å². The van der Waals surface area contributed by atoms with E-state index in [2.05, 4.69) is 26.1 Å². The van der Waals surface area contributed by atoms with Crippen molar-refractivity contribution in [2.75, 3.05) is 5.32 Å². The molecule has 0 heterocycles. The molecule has 0 bridgehead atoms. The van der Waals surface area contributed by atoms with Crippen LogP contribution in [0, 0.1) is 5.82 Å². The van der Waals surface area contributed by atoms with Gasteiger partial charge in [-0.15, -0.1) is 0 Å². The van der Waals surface area contributed by atoms with Gasteiger partial charge < -0.3 is 5.32 Å². The minimum atomic E-state index is -0.435. The molecule has 0 amide bonds. The van der Waals surface area contributed by atoms with Crippen LogP contribution in [-0.4, -0.2) is 0 Å². The lowest BCUT2D eigenvalue weighted by Crippen LogP contribution is -2.10. The molecule has 2 aromatic carbocycles. The van der Waals surface area contributed by atoms with Crippen molar-refractivity contribution in [2.24, 2.45) is 0 Å². The van der Waals surface area contributed by atoms with Crippen LogP contribution >= 0.6 is 0 Å². The number of rotatable bonds is 2. The molecule has 2 aromatic rings. The molecule has 0 saturated heterocycles. The van der Waals surface area contributed by atoms with Crippen molar-refractivity contribution in [3.63, 3.8) is 0 Å². The van der Waals surface area contributed by atoms with Gasteiger partial charge in [0.15, 0.2) is 0 Å². The van der Waals surface area contributed by atoms with Crippen LogP contribution in [0.4, 0.5) is 15.8 Å². The first-order valence-electron chi connectivity index (χ1n) is 6.92. The first-order chi connectivity index (χ1) is 9.27. The van der Waals surface area contributed by atoms with Gasteiger partial charge in [0.1, 0.15) is 5.82 Å². The van der Waals surface area contributed by atoms with Gasteiger partial charge in [-0.2, -0.15) is 0 Å². The van der Waals surface area contributed by atoms with Crippen molar-refractivity contribution in [1.82, 2.24) is 0 Å². The quantitative estimate of drug-likeness (QED) is 0.796. The van der Waals surface area contributed by atoms with E-state index in [-0.39, 0.29) is 11.5 Å². The fraction of sp³-hybridized carbons (Fsp3) is 0.250. The second-order valence-corrected chi connectivity index (χ2v) is 5.29. The molecule has 0 aliphatic rings. The number of benzene rings is 2. The molecule has 0 saturated carbocycles. The van der Waals surface area contributed by atoms with E-state index in [0.717, 1.165) is 11.6 Å². The summed E-state index contributed by atoms with van der Waals surface area (Å²) in [6, 6.07) is 10.00. The highest BCUT2D eigenvalue weighted by molar-refractivity contribution is 5.59. The summed E-state index contributed by atoms with van der Waals surface area (Å²) in [6.45, 7) is 6.28. The largest absolute Gasteiger partial charge is 0.356 e. The van der Waals surface area contributed by atoms with Crippen molar-refractivity contribution >= 4 is 11.4 Å². The van der Waals surface area contributed by atoms with Crippen molar-refractivity contribution in [3.8, 4) is 0 Å². The number of hydrogen-bond acceptors (Lipinski definition) is 1. The Morgan fingerprint density at radius 3 is 2.11 bits per heavy atom. The molecule has 0 radical (unpaired) electrons. The Kier molecular flexibility index (Phi) is 2.70. The van der Waals surface area contributed by atoms with E-state index < -0.39 is 5.82 Å². The summed E-state index contributed by atoms with van der Waals surface area (Å²) >= 11 is 0. The topological polar surface area (TPSA) is 12.0 Å². The fourth-order valence-electron chi connectivity index (χ4n) is 1.60. The summed E-state index contributed by atoms with van der Waals surface area (Å²) in [5.41, 5.74) is 2.17. The van der Waals surface area contributed by atoms with Crippen molar-refractivity contribution < 1.29 is 7.13 Å². The summed E-state index contributed by atoms with van der Waals surface area (Å²) in [5.74, 6) is -0.435. The standard InChI is InChI=1S/C16H18FN/c1-16(2,3)12-4-8-14(9-5-12)18-15-10-6-13(17)7-11-15/h4-11,18H,1-3H3/i8D,10D. The number of hydrogen-bond donors (Lipinski definition) is 1. The second kappa shape index (κ2) is 4.81. The van der Waals surface area contributed by atoms with Gasteiger partial charge in [0.25, 0.3) is 0 Å². The van der Waals surface area contributed by atoms with Crippen molar-refractivity contribution in [3.05, 3.63) is 59.9 Å². The van der Waals surface area contributed by atoms with Crippen molar-refractivity contribution in [1.29, 1.82) is 0 Å². The Balaban J connectivity index is 2.30. The lowest BCUT2D eigenvalue weighted by molar-refractivity contribution is 0.590. The van der Waals surface area contributed by atoms with Gasteiger partial charge in [0.05, 0.1) is 2.74 Å². The molecule has 94 valence electrons. The van der Waals surface area contributed by atoms with Crippen LogP contribution in [0.3, 0.4) is 0 Å². The molecular weight excluding hydrogens is 225 g/mol. The molecule has 0 atom stereocenters. The molecule has 0 spiro atoms. The molecule has 18 heavy (non-hydrogen) atoms. The van der Waals surface area contributed by atoms with E-state index in [1.165, 1.54) is 12.1 Å². The Bertz CT molecular complexity index is 633. The third-order valence-corrected chi connectivity index (χ3v) is 2.72. The zero-order chi connectivity index (χ0) is 14.9. The molecule has 0 aromatic heterocycles. The minimum Gasteiger partial charge on any atom is -0.356 e. The lowest BCUT2D eigenvalue weighted by atomic mass is 9.87. The van der Waals surface area contributed by atoms with Crippen molar-refractivity contribution in [2.45, 2.75) is 26.2 Å². The number of nitrogens with one attached hydrogen (secondary N) is 1. The average Bonchev–Trinajstić information content (AvgIpc) is 2.33. The van der Waals surface area contributed by atoms with Gasteiger partial charge in [-0.05, 0) is 47.3 Å². The van der Waals surface area contributed by atoms with E-state index in [0.29, 0.717) is 17.4 Å². The zero-order valence-corrected chi connectivity index (χ0v) is 10.8. The first kappa shape index (κ1) is 10.1. The highest BCUT2D eigenvalue weighted by Gasteiger charge is 2.12. The maximum Gasteiger partial charge on any atom is 0.123 e. The van der Waals surface area contributed by atoms with E-state index in [1.807, 2.05) is 18.2 Å². The number of halogens is 1. The van der Waals surface area contributed by atoms with Gasteiger partial charge >= 0.3 is 0 Å². The predicted molar refractivity (Wildman–Crippen MR) is 74.8 cm³/mol. The molecule has 1 N–H and O–H groups in total. The molecule has 1 nitrogen and oxygen atoms in total. The van der Waals surface area contributed by atoms with Gasteiger partial charge in [0.2, 0.25) is 0 Å². The van der Waals surface area contributed by atoms with E-state index in [4.69, 9.17) is 2.74 Å². The highest BCUT2D eigenvalue weighted by Crippen LogP contribution is 2.24. The summed E-state index contributed by atoms with van der Waals surface area (Å²) < 4.78 is 28.7. The van der Waals surface area contributed by atoms with Gasteiger partial charge in [-0.1, -0.05) is 32.9 Å². The third kappa shape index (κ3) is 3.10. The minimum absolute atomic E-state index is 0.00914. The van der Waals surface area contributed by atoms with Crippen LogP contribution in [0.25, 0.3) is 0 Å². The monoisotopic (exact) mass is 245 g/mol. The molecule has 0 fully saturated rings. The Labute approximate surface area is 110 Å². The molecule has 0 aliphatic carbocycles. The van der Waals surface area contributed by atoms with Crippen LogP contribution in [0.15, 0.2) is 48.5 Å². The second-order valence-electron chi connectivity index (χ2n) is 5.29. The van der Waals surface area contributed by atoms with E-state index in [1.54, 1.807) is 0 Å². The molecule has 2 heteroatoms. The van der Waals surface area contributed by atoms with Crippen LogP contribution in [0.5, 0.6) is 0 Å². The Hall–Kier alpha value is -1.83. The van der Waals surface area contributed by atoms with Crippen LogP contribution in [-0.2, 0) is 5.41 Å². The summed E-state index contributed by atoms with van der Waals surface area (Å²) in [5, 5.41) is 3.00. The van der Waals surface area contributed by atoms with E-state index >= 15 is 0 Å². The third-order valence-electron chi connectivity index (χ3n) is 2.72. The van der Waals surface area contributed by atoms with Crippen LogP contribution in [0.1, 0.15) is 29.1 Å². The molecule has 2 rings (SSSR count).